The van der Waals surface area contributed by atoms with E-state index in [0.717, 1.165) is 0 Å². The molecule has 2 saturated carbocycles. The standard InChI is InChI=1S/C28H43NO10/c1-12-16(39-24(34)20(32)14(3)29-8)10-28(36)13(2)22-26(7,17(31)9-18-27(22,35)11-37-18)23(33)21(38-15(4)30)19(12)25(28,5)6/h13-14,16-18,20-22,29,31-32,35-36H,9-11H2,1-8H3/t13-,14?,16?,17?,18?,20?,21?,22?,26+,27?,28?/m0/s1. The first kappa shape index (κ1) is 30.1. The molecule has 0 radical (unpaired) electrons. The molecule has 5 N–H and O–H groups in total. The van der Waals surface area contributed by atoms with E-state index in [9.17, 15) is 34.8 Å². The van der Waals surface area contributed by atoms with Crippen molar-refractivity contribution < 1.29 is 49.0 Å². The Balaban J connectivity index is 1.94. The summed E-state index contributed by atoms with van der Waals surface area (Å²) < 4.78 is 17.0. The number of nitrogens with one attached hydrogen (secondary N) is 1. The molecule has 9 unspecified atom stereocenters. The molecule has 0 aromatic carbocycles. The fourth-order valence-corrected chi connectivity index (χ4v) is 7.93. The molecule has 1 saturated heterocycles. The second-order valence-corrected chi connectivity index (χ2v) is 12.7. The quantitative estimate of drug-likeness (QED) is 0.229. The van der Waals surface area contributed by atoms with Crippen LogP contribution in [0.1, 0.15) is 61.3 Å². The topological polar surface area (TPSA) is 172 Å². The van der Waals surface area contributed by atoms with E-state index >= 15 is 0 Å². The minimum atomic E-state index is -1.70. The maximum Gasteiger partial charge on any atom is 0.337 e. The lowest BCUT2D eigenvalue weighted by Gasteiger charge is -2.67. The Morgan fingerprint density at radius 3 is 2.31 bits per heavy atom. The van der Waals surface area contributed by atoms with Gasteiger partial charge in [-0.25, -0.2) is 4.79 Å². The number of aliphatic hydroxyl groups is 4. The lowest BCUT2D eigenvalue weighted by molar-refractivity contribution is -0.335. The zero-order valence-electron chi connectivity index (χ0n) is 24.0. The number of rotatable bonds is 5. The van der Waals surface area contributed by atoms with E-state index in [-0.39, 0.29) is 25.0 Å². The van der Waals surface area contributed by atoms with E-state index in [1.165, 1.54) is 6.92 Å². The molecule has 2 bridgehead atoms. The molecule has 220 valence electrons. The van der Waals surface area contributed by atoms with E-state index in [2.05, 4.69) is 5.32 Å². The van der Waals surface area contributed by atoms with Crippen LogP contribution in [-0.4, -0.2) is 99.6 Å². The number of carbonyl (C=O) groups is 3. The van der Waals surface area contributed by atoms with Crippen molar-refractivity contribution in [2.24, 2.45) is 22.7 Å². The number of fused-ring (bicyclic) bond motifs is 5. The molecule has 3 aliphatic carbocycles. The average Bonchev–Trinajstić information content (AvgIpc) is 2.85. The van der Waals surface area contributed by atoms with Gasteiger partial charge >= 0.3 is 11.9 Å². The van der Waals surface area contributed by atoms with Gasteiger partial charge in [-0.15, -0.1) is 0 Å². The minimum absolute atomic E-state index is 0.0103. The summed E-state index contributed by atoms with van der Waals surface area (Å²) >= 11 is 0. The molecule has 11 heteroatoms. The van der Waals surface area contributed by atoms with Crippen LogP contribution in [-0.2, 0) is 28.6 Å². The fourth-order valence-electron chi connectivity index (χ4n) is 7.93. The van der Waals surface area contributed by atoms with E-state index in [1.54, 1.807) is 48.6 Å². The Morgan fingerprint density at radius 1 is 1.18 bits per heavy atom. The van der Waals surface area contributed by atoms with E-state index in [0.29, 0.717) is 5.57 Å². The summed E-state index contributed by atoms with van der Waals surface area (Å²) in [5, 5.41) is 49.1. The minimum Gasteiger partial charge on any atom is -0.456 e. The highest BCUT2D eigenvalue weighted by Gasteiger charge is 2.74. The molecule has 3 fully saturated rings. The van der Waals surface area contributed by atoms with Gasteiger partial charge < -0.3 is 40.0 Å². The Kier molecular flexibility index (Phi) is 7.40. The van der Waals surface area contributed by atoms with Crippen LogP contribution in [0.2, 0.25) is 0 Å². The number of esters is 2. The van der Waals surface area contributed by atoms with Crippen molar-refractivity contribution >= 4 is 17.7 Å². The first-order chi connectivity index (χ1) is 17.9. The molecular weight excluding hydrogens is 510 g/mol. The number of aliphatic hydroxyl groups excluding tert-OH is 2. The molecule has 0 aromatic heterocycles. The first-order valence-corrected chi connectivity index (χ1v) is 13.6. The van der Waals surface area contributed by atoms with Gasteiger partial charge in [-0.05, 0) is 44.9 Å². The second-order valence-electron chi connectivity index (χ2n) is 12.7. The number of carbonyl (C=O) groups excluding carboxylic acids is 3. The largest absolute Gasteiger partial charge is 0.456 e. The van der Waals surface area contributed by atoms with Gasteiger partial charge in [0.2, 0.25) is 0 Å². The Hall–Kier alpha value is -1.89. The van der Waals surface area contributed by atoms with Crippen molar-refractivity contribution in [1.82, 2.24) is 5.32 Å². The van der Waals surface area contributed by atoms with Gasteiger partial charge in [0, 0.05) is 37.1 Å². The highest BCUT2D eigenvalue weighted by molar-refractivity contribution is 5.95. The van der Waals surface area contributed by atoms with E-state index < -0.39 is 88.2 Å². The molecule has 1 heterocycles. The second kappa shape index (κ2) is 9.60. The molecule has 0 amide bonds. The van der Waals surface area contributed by atoms with Gasteiger partial charge in [-0.3, -0.25) is 9.59 Å². The number of Topliss-reactive ketones (excluding diaryl/α,β-unsaturated/α-hetero) is 1. The number of ketones is 1. The SMILES string of the molecule is CNC(C)C(O)C(=O)OC1CC2(O)[C@@H](C)C3C4(O)COC4CC(O)[C@@]3(C)C(=O)C(OC(C)=O)C(=C1C)C2(C)C. The van der Waals surface area contributed by atoms with Gasteiger partial charge in [0.05, 0.1) is 29.8 Å². The molecule has 11 atom stereocenters. The van der Waals surface area contributed by atoms with Crippen LogP contribution in [0.15, 0.2) is 11.1 Å². The summed E-state index contributed by atoms with van der Waals surface area (Å²) in [7, 11) is 1.59. The van der Waals surface area contributed by atoms with Gasteiger partial charge in [0.1, 0.15) is 11.7 Å². The number of hydrogen-bond acceptors (Lipinski definition) is 11. The van der Waals surface area contributed by atoms with E-state index in [1.807, 2.05) is 0 Å². The zero-order valence-corrected chi connectivity index (χ0v) is 24.0. The number of likely N-dealkylation sites (N-methyl/N-ethyl adjacent to an activating group) is 1. The summed E-state index contributed by atoms with van der Waals surface area (Å²) in [6, 6.07) is -0.609. The summed E-state index contributed by atoms with van der Waals surface area (Å²) in [6.07, 6.45) is -6.12. The number of hydrogen-bond donors (Lipinski definition) is 5. The lowest BCUT2D eigenvalue weighted by atomic mass is 9.43. The normalized spacial score (nSPS) is 44.6. The average molecular weight is 554 g/mol. The van der Waals surface area contributed by atoms with Gasteiger partial charge in [0.25, 0.3) is 0 Å². The van der Waals surface area contributed by atoms with Crippen molar-refractivity contribution in [3.05, 3.63) is 11.1 Å². The van der Waals surface area contributed by atoms with Crippen molar-refractivity contribution in [2.45, 2.75) is 109 Å². The van der Waals surface area contributed by atoms with Crippen LogP contribution >= 0.6 is 0 Å². The molecule has 39 heavy (non-hydrogen) atoms. The third-order valence-corrected chi connectivity index (χ3v) is 10.5. The van der Waals surface area contributed by atoms with Crippen LogP contribution in [0.3, 0.4) is 0 Å². The van der Waals surface area contributed by atoms with Gasteiger partial charge in [-0.2, -0.15) is 0 Å². The van der Waals surface area contributed by atoms with Crippen LogP contribution in [0.5, 0.6) is 0 Å². The van der Waals surface area contributed by atoms with Crippen LogP contribution in [0.4, 0.5) is 0 Å². The van der Waals surface area contributed by atoms with Gasteiger partial charge in [0.15, 0.2) is 18.0 Å². The molecule has 0 aromatic rings. The molecule has 11 nitrogen and oxygen atoms in total. The first-order valence-electron chi connectivity index (χ1n) is 13.6. The predicted octanol–water partition coefficient (Wildman–Crippen LogP) is 0.0120. The summed E-state index contributed by atoms with van der Waals surface area (Å²) in [4.78, 5) is 39.8. The third kappa shape index (κ3) is 4.03. The monoisotopic (exact) mass is 553 g/mol. The maximum atomic E-state index is 14.5. The molecule has 0 spiro atoms. The summed E-state index contributed by atoms with van der Waals surface area (Å²) in [6.45, 7) is 11.1. The van der Waals surface area contributed by atoms with Crippen molar-refractivity contribution in [3.8, 4) is 0 Å². The van der Waals surface area contributed by atoms with Crippen LogP contribution in [0.25, 0.3) is 0 Å². The predicted molar refractivity (Wildman–Crippen MR) is 137 cm³/mol. The lowest BCUT2D eigenvalue weighted by Crippen LogP contribution is -2.79. The van der Waals surface area contributed by atoms with Crippen LogP contribution in [0, 0.1) is 22.7 Å². The maximum absolute atomic E-state index is 14.5. The Bertz CT molecular complexity index is 1090. The highest BCUT2D eigenvalue weighted by Crippen LogP contribution is 2.64. The fraction of sp³-hybridized carbons (Fsp3) is 0.821. The van der Waals surface area contributed by atoms with Crippen molar-refractivity contribution in [1.29, 1.82) is 0 Å². The molecule has 4 aliphatic rings. The zero-order chi connectivity index (χ0) is 29.5. The summed E-state index contributed by atoms with van der Waals surface area (Å²) in [5.74, 6) is -4.04. The molecular formula is C28H43NO10. The third-order valence-electron chi connectivity index (χ3n) is 10.5. The van der Waals surface area contributed by atoms with Crippen molar-refractivity contribution in [3.63, 3.8) is 0 Å². The Labute approximate surface area is 228 Å². The summed E-state index contributed by atoms with van der Waals surface area (Å²) in [5.41, 5.74) is -5.30. The van der Waals surface area contributed by atoms with Crippen LogP contribution < -0.4 is 5.32 Å². The highest BCUT2D eigenvalue weighted by atomic mass is 16.6. The van der Waals surface area contributed by atoms with E-state index in [4.69, 9.17) is 14.2 Å². The number of ether oxygens (including phenoxy) is 3. The molecule has 1 aliphatic heterocycles. The van der Waals surface area contributed by atoms with Crippen molar-refractivity contribution in [2.75, 3.05) is 13.7 Å². The van der Waals surface area contributed by atoms with Gasteiger partial charge in [-0.1, -0.05) is 20.8 Å². The Morgan fingerprint density at radius 2 is 1.79 bits per heavy atom. The molecule has 4 rings (SSSR count). The smallest absolute Gasteiger partial charge is 0.337 e.